The third-order valence-corrected chi connectivity index (χ3v) is 5.28. The summed E-state index contributed by atoms with van der Waals surface area (Å²) in [6.07, 6.45) is 2.70. The number of nitrogens with zero attached hydrogens (tertiary/aromatic N) is 5. The zero-order valence-electron chi connectivity index (χ0n) is 17.1. The first-order valence-electron chi connectivity index (χ1n) is 9.83. The summed E-state index contributed by atoms with van der Waals surface area (Å²) in [4.78, 5) is 6.64. The minimum atomic E-state index is -0.813. The van der Waals surface area contributed by atoms with Crippen molar-refractivity contribution in [2.75, 3.05) is 11.4 Å². The highest BCUT2D eigenvalue weighted by Gasteiger charge is 2.19. The summed E-state index contributed by atoms with van der Waals surface area (Å²) < 4.78 is 16.3. The highest BCUT2D eigenvalue weighted by atomic mass is 35.5. The third kappa shape index (κ3) is 4.08. The number of aryl methyl sites for hydroxylation is 1. The fourth-order valence-electron chi connectivity index (χ4n) is 3.57. The molecule has 0 fully saturated rings. The van der Waals surface area contributed by atoms with E-state index in [1.165, 1.54) is 12.1 Å². The van der Waals surface area contributed by atoms with Crippen LogP contribution in [0.4, 0.5) is 15.9 Å². The van der Waals surface area contributed by atoms with Gasteiger partial charge in [0.1, 0.15) is 18.0 Å². The molecular formula is C22H23ClFN5O. The molecule has 0 aliphatic carbocycles. The second-order valence-electron chi connectivity index (χ2n) is 7.97. The minimum Gasteiger partial charge on any atom is -0.390 e. The van der Waals surface area contributed by atoms with E-state index in [-0.39, 0.29) is 5.82 Å². The van der Waals surface area contributed by atoms with Gasteiger partial charge in [0.2, 0.25) is 0 Å². The van der Waals surface area contributed by atoms with Crippen LogP contribution in [0, 0.1) is 5.82 Å². The number of halogens is 2. The number of aliphatic hydroxyl groups is 1. The summed E-state index contributed by atoms with van der Waals surface area (Å²) in [6, 6.07) is 10.5. The smallest absolute Gasteiger partial charge is 0.257 e. The number of anilines is 2. The molecule has 0 unspecified atom stereocenters. The monoisotopic (exact) mass is 427 g/mol. The molecule has 4 rings (SSSR count). The second kappa shape index (κ2) is 7.81. The zero-order chi connectivity index (χ0) is 21.5. The van der Waals surface area contributed by atoms with Crippen LogP contribution in [0.2, 0.25) is 5.02 Å². The van der Waals surface area contributed by atoms with Gasteiger partial charge in [-0.2, -0.15) is 4.98 Å². The van der Waals surface area contributed by atoms with Gasteiger partial charge in [-0.3, -0.25) is 4.40 Å². The van der Waals surface area contributed by atoms with E-state index in [4.69, 9.17) is 16.6 Å². The SMILES string of the molecule is CCN(c1cc(F)cc(CCC(C)(C)O)c1)c1nc2nncn2c2cc(Cl)ccc12. The van der Waals surface area contributed by atoms with E-state index < -0.39 is 5.60 Å². The first kappa shape index (κ1) is 20.5. The van der Waals surface area contributed by atoms with Gasteiger partial charge in [0, 0.05) is 22.6 Å². The number of fused-ring (bicyclic) bond motifs is 3. The van der Waals surface area contributed by atoms with Crippen LogP contribution < -0.4 is 4.90 Å². The van der Waals surface area contributed by atoms with E-state index in [0.717, 1.165) is 16.5 Å². The molecule has 0 saturated heterocycles. The Labute approximate surface area is 178 Å². The molecule has 30 heavy (non-hydrogen) atoms. The van der Waals surface area contributed by atoms with Crippen molar-refractivity contribution in [1.82, 2.24) is 19.6 Å². The summed E-state index contributed by atoms with van der Waals surface area (Å²) in [5.41, 5.74) is 1.52. The standard InChI is InChI=1S/C22H23ClFN5O/c1-4-28(17-10-14(9-16(24)12-17)7-8-22(2,3)30)20-18-6-5-15(23)11-19(18)29-13-25-27-21(29)26-20/h5-6,9-13,30H,4,7-8H2,1-3H3. The fraction of sp³-hybridized carbons (Fsp3) is 0.318. The summed E-state index contributed by atoms with van der Waals surface area (Å²) >= 11 is 6.22. The lowest BCUT2D eigenvalue weighted by Gasteiger charge is -2.25. The lowest BCUT2D eigenvalue weighted by atomic mass is 9.98. The largest absolute Gasteiger partial charge is 0.390 e. The number of hydrogen-bond donors (Lipinski definition) is 1. The summed E-state index contributed by atoms with van der Waals surface area (Å²) in [6.45, 7) is 6.06. The molecule has 0 saturated carbocycles. The van der Waals surface area contributed by atoms with Gasteiger partial charge >= 0.3 is 0 Å². The summed E-state index contributed by atoms with van der Waals surface area (Å²) in [7, 11) is 0. The van der Waals surface area contributed by atoms with Crippen LogP contribution in [0.15, 0.2) is 42.7 Å². The van der Waals surface area contributed by atoms with Crippen molar-refractivity contribution < 1.29 is 9.50 Å². The molecule has 2 aromatic heterocycles. The van der Waals surface area contributed by atoms with Gasteiger partial charge in [-0.25, -0.2) is 4.39 Å². The van der Waals surface area contributed by atoms with Crippen LogP contribution in [0.5, 0.6) is 0 Å². The van der Waals surface area contributed by atoms with Crippen molar-refractivity contribution >= 4 is 39.8 Å². The molecule has 0 radical (unpaired) electrons. The number of hydrogen-bond acceptors (Lipinski definition) is 5. The van der Waals surface area contributed by atoms with Gasteiger partial charge < -0.3 is 10.0 Å². The second-order valence-corrected chi connectivity index (χ2v) is 8.41. The van der Waals surface area contributed by atoms with Gasteiger partial charge in [0.05, 0.1) is 11.1 Å². The zero-order valence-corrected chi connectivity index (χ0v) is 17.9. The molecule has 0 atom stereocenters. The third-order valence-electron chi connectivity index (χ3n) is 5.05. The normalized spacial score (nSPS) is 12.1. The van der Waals surface area contributed by atoms with Gasteiger partial charge in [-0.15, -0.1) is 10.2 Å². The molecule has 8 heteroatoms. The molecule has 1 N–H and O–H groups in total. The van der Waals surface area contributed by atoms with Gasteiger partial charge in [-0.05, 0) is 75.6 Å². The van der Waals surface area contributed by atoms with E-state index >= 15 is 0 Å². The Hall–Kier alpha value is -2.77. The Balaban J connectivity index is 1.84. The molecule has 0 aliphatic rings. The fourth-order valence-corrected chi connectivity index (χ4v) is 3.73. The summed E-state index contributed by atoms with van der Waals surface area (Å²) in [5, 5.41) is 19.5. The molecular weight excluding hydrogens is 405 g/mol. The van der Waals surface area contributed by atoms with E-state index in [9.17, 15) is 9.50 Å². The molecule has 2 aromatic carbocycles. The Morgan fingerprint density at radius 3 is 2.73 bits per heavy atom. The Morgan fingerprint density at radius 2 is 2.00 bits per heavy atom. The molecule has 2 heterocycles. The predicted octanol–water partition coefficient (Wildman–Crippen LogP) is 4.93. The Morgan fingerprint density at radius 1 is 1.20 bits per heavy atom. The number of aromatic nitrogens is 4. The minimum absolute atomic E-state index is 0.326. The number of rotatable bonds is 6. The van der Waals surface area contributed by atoms with E-state index in [1.54, 1.807) is 30.6 Å². The molecule has 156 valence electrons. The number of benzene rings is 2. The van der Waals surface area contributed by atoms with E-state index in [0.29, 0.717) is 41.7 Å². The maximum atomic E-state index is 14.5. The first-order chi connectivity index (χ1) is 14.2. The maximum Gasteiger partial charge on any atom is 0.257 e. The first-order valence-corrected chi connectivity index (χ1v) is 10.2. The van der Waals surface area contributed by atoms with Crippen molar-refractivity contribution in [2.24, 2.45) is 0 Å². The topological polar surface area (TPSA) is 66.5 Å². The Kier molecular flexibility index (Phi) is 5.34. The van der Waals surface area contributed by atoms with Crippen LogP contribution in [0.25, 0.3) is 16.7 Å². The van der Waals surface area contributed by atoms with Gasteiger partial charge in [0.15, 0.2) is 0 Å². The molecule has 0 spiro atoms. The van der Waals surface area contributed by atoms with Crippen molar-refractivity contribution in [2.45, 2.75) is 39.2 Å². The van der Waals surface area contributed by atoms with E-state index in [2.05, 4.69) is 10.2 Å². The molecule has 0 amide bonds. The van der Waals surface area contributed by atoms with E-state index in [1.807, 2.05) is 30.0 Å². The molecule has 4 aromatic rings. The molecule has 6 nitrogen and oxygen atoms in total. The highest BCUT2D eigenvalue weighted by Crippen LogP contribution is 2.33. The van der Waals surface area contributed by atoms with Crippen molar-refractivity contribution in [3.05, 3.63) is 59.1 Å². The lowest BCUT2D eigenvalue weighted by Crippen LogP contribution is -2.20. The quantitative estimate of drug-likeness (QED) is 0.472. The summed E-state index contributed by atoms with van der Waals surface area (Å²) in [5.74, 6) is 0.771. The average molecular weight is 428 g/mol. The molecule has 0 bridgehead atoms. The van der Waals surface area contributed by atoms with Gasteiger partial charge in [0.25, 0.3) is 5.78 Å². The van der Waals surface area contributed by atoms with Crippen LogP contribution >= 0.6 is 11.6 Å². The van der Waals surface area contributed by atoms with Crippen molar-refractivity contribution in [3.8, 4) is 0 Å². The maximum absolute atomic E-state index is 14.5. The van der Waals surface area contributed by atoms with Crippen molar-refractivity contribution in [3.63, 3.8) is 0 Å². The van der Waals surface area contributed by atoms with Crippen LogP contribution in [0.3, 0.4) is 0 Å². The molecule has 0 aliphatic heterocycles. The Bertz CT molecular complexity index is 1220. The van der Waals surface area contributed by atoms with Crippen molar-refractivity contribution in [1.29, 1.82) is 0 Å². The predicted molar refractivity (Wildman–Crippen MR) is 117 cm³/mol. The van der Waals surface area contributed by atoms with Crippen LogP contribution in [-0.2, 0) is 6.42 Å². The average Bonchev–Trinajstić information content (AvgIpc) is 3.15. The lowest BCUT2D eigenvalue weighted by molar-refractivity contribution is 0.0714. The van der Waals surface area contributed by atoms with Gasteiger partial charge in [-0.1, -0.05) is 11.6 Å². The van der Waals surface area contributed by atoms with Crippen LogP contribution in [0.1, 0.15) is 32.8 Å². The highest BCUT2D eigenvalue weighted by molar-refractivity contribution is 6.31. The van der Waals surface area contributed by atoms with Crippen LogP contribution in [-0.4, -0.2) is 36.8 Å².